The number of anilines is 4. The van der Waals surface area contributed by atoms with E-state index in [1.54, 1.807) is 4.90 Å². The number of hydrogen-bond donors (Lipinski definition) is 1. The van der Waals surface area contributed by atoms with Gasteiger partial charge in [0.15, 0.2) is 0 Å². The average Bonchev–Trinajstić information content (AvgIpc) is 2.92. The van der Waals surface area contributed by atoms with Gasteiger partial charge in [0, 0.05) is 37.1 Å². The van der Waals surface area contributed by atoms with Crippen molar-refractivity contribution in [2.75, 3.05) is 47.9 Å². The minimum absolute atomic E-state index is 0.180. The Morgan fingerprint density at radius 3 is 2.55 bits per heavy atom. The number of carbonyl (C=O) groups excluding carboxylic acids is 2. The second-order valence-electron chi connectivity index (χ2n) is 12.0. The van der Waals surface area contributed by atoms with Crippen molar-refractivity contribution in [1.29, 1.82) is 0 Å². The van der Waals surface area contributed by atoms with Gasteiger partial charge in [-0.15, -0.1) is 0 Å². The number of benzene rings is 1. The maximum atomic E-state index is 13.0. The molecular weight excluding hydrogens is 534 g/mol. The van der Waals surface area contributed by atoms with E-state index >= 15 is 0 Å². The summed E-state index contributed by atoms with van der Waals surface area (Å²) in [4.78, 5) is 45.0. The van der Waals surface area contributed by atoms with E-state index < -0.39 is 11.7 Å². The molecular formula is C31H37N7O4. The molecule has 0 spiro atoms. The van der Waals surface area contributed by atoms with Crippen LogP contribution in [0.3, 0.4) is 0 Å². The van der Waals surface area contributed by atoms with Gasteiger partial charge in [-0.25, -0.2) is 19.7 Å². The smallest absolute Gasteiger partial charge is 0.415 e. The monoisotopic (exact) mass is 571 g/mol. The number of nitrogens with zero attached hydrogens (tertiary/aromatic N) is 6. The van der Waals surface area contributed by atoms with Crippen LogP contribution in [0.4, 0.5) is 27.8 Å². The molecule has 1 saturated heterocycles. The van der Waals surface area contributed by atoms with Gasteiger partial charge in [-0.3, -0.25) is 9.69 Å². The van der Waals surface area contributed by atoms with E-state index in [0.717, 1.165) is 66.2 Å². The highest BCUT2D eigenvalue weighted by Crippen LogP contribution is 2.39. The summed E-state index contributed by atoms with van der Waals surface area (Å²) in [6.45, 7) is 11.4. The molecule has 42 heavy (non-hydrogen) atoms. The zero-order valence-corrected chi connectivity index (χ0v) is 24.6. The lowest BCUT2D eigenvalue weighted by Gasteiger charge is -2.35. The molecule has 220 valence electrons. The molecule has 11 heteroatoms. The van der Waals surface area contributed by atoms with E-state index in [-0.39, 0.29) is 5.91 Å². The molecule has 1 aromatic carbocycles. The first kappa shape index (κ1) is 27.7. The minimum atomic E-state index is -0.606. The highest BCUT2D eigenvalue weighted by Gasteiger charge is 2.33. The number of amides is 2. The molecule has 2 aromatic heterocycles. The standard InChI is InChI=1S/C31H37N7O4/c1-20-25(18-32-28-27(20)38(14-15-41-28)30(40)42-31(2,3)4)37-13-10-22-17-33-29(35-24(22)19-37)34-23-8-6-21(7-9-23)16-26(39)36-11-5-12-36/h6-9,17-18H,5,10-16,19H2,1-4H3,(H,33,34,35). The van der Waals surface area contributed by atoms with Gasteiger partial charge < -0.3 is 24.6 Å². The van der Waals surface area contributed by atoms with Gasteiger partial charge in [-0.05, 0) is 63.8 Å². The van der Waals surface area contributed by atoms with Crippen LogP contribution in [0.1, 0.15) is 49.6 Å². The number of carbonyl (C=O) groups is 2. The van der Waals surface area contributed by atoms with Crippen molar-refractivity contribution >= 4 is 35.0 Å². The second kappa shape index (κ2) is 11.1. The molecule has 2 amide bonds. The van der Waals surface area contributed by atoms with Crippen molar-refractivity contribution < 1.29 is 19.1 Å². The number of hydrogen-bond acceptors (Lipinski definition) is 9. The summed E-state index contributed by atoms with van der Waals surface area (Å²) in [7, 11) is 0. The van der Waals surface area contributed by atoms with Gasteiger partial charge in [-0.1, -0.05) is 12.1 Å². The van der Waals surface area contributed by atoms with Crippen molar-refractivity contribution in [2.24, 2.45) is 0 Å². The quantitative estimate of drug-likeness (QED) is 0.476. The third kappa shape index (κ3) is 5.81. The summed E-state index contributed by atoms with van der Waals surface area (Å²) in [5.74, 6) is 1.14. The van der Waals surface area contributed by atoms with Crippen molar-refractivity contribution in [3.63, 3.8) is 0 Å². The highest BCUT2D eigenvalue weighted by atomic mass is 16.6. The lowest BCUT2D eigenvalue weighted by atomic mass is 10.0. The van der Waals surface area contributed by atoms with E-state index in [9.17, 15) is 9.59 Å². The summed E-state index contributed by atoms with van der Waals surface area (Å²) < 4.78 is 11.5. The van der Waals surface area contributed by atoms with Gasteiger partial charge in [-0.2, -0.15) is 0 Å². The van der Waals surface area contributed by atoms with Crippen molar-refractivity contribution in [1.82, 2.24) is 19.9 Å². The second-order valence-corrected chi connectivity index (χ2v) is 12.0. The lowest BCUT2D eigenvalue weighted by Crippen LogP contribution is -2.42. The summed E-state index contributed by atoms with van der Waals surface area (Å²) in [6, 6.07) is 7.84. The number of fused-ring (bicyclic) bond motifs is 2. The summed E-state index contributed by atoms with van der Waals surface area (Å²) >= 11 is 0. The lowest BCUT2D eigenvalue weighted by molar-refractivity contribution is -0.133. The molecule has 0 atom stereocenters. The molecule has 3 aliphatic rings. The molecule has 1 N–H and O–H groups in total. The predicted octanol–water partition coefficient (Wildman–Crippen LogP) is 4.40. The van der Waals surface area contributed by atoms with Crippen LogP contribution in [0.5, 0.6) is 5.88 Å². The van der Waals surface area contributed by atoms with Crippen LogP contribution in [-0.4, -0.2) is 70.2 Å². The molecule has 0 unspecified atom stereocenters. The number of nitrogens with one attached hydrogen (secondary N) is 1. The van der Waals surface area contributed by atoms with Gasteiger partial charge >= 0.3 is 6.09 Å². The fourth-order valence-corrected chi connectivity index (χ4v) is 5.40. The number of aromatic nitrogens is 3. The third-order valence-electron chi connectivity index (χ3n) is 7.74. The molecule has 6 rings (SSSR count). The van der Waals surface area contributed by atoms with Crippen molar-refractivity contribution in [3.8, 4) is 5.88 Å². The van der Waals surface area contributed by atoms with Crippen LogP contribution in [0.2, 0.25) is 0 Å². The average molecular weight is 572 g/mol. The number of likely N-dealkylation sites (tertiary alicyclic amines) is 1. The third-order valence-corrected chi connectivity index (χ3v) is 7.74. The first-order valence-corrected chi connectivity index (χ1v) is 14.5. The molecule has 3 aliphatic heterocycles. The Kier molecular flexibility index (Phi) is 7.34. The molecule has 0 bridgehead atoms. The molecule has 1 fully saturated rings. The normalized spacial score (nSPS) is 16.1. The number of ether oxygens (including phenoxy) is 2. The maximum absolute atomic E-state index is 13.0. The molecule has 0 aliphatic carbocycles. The Hall–Kier alpha value is -4.41. The molecule has 0 radical (unpaired) electrons. The van der Waals surface area contributed by atoms with Gasteiger partial charge in [0.2, 0.25) is 17.7 Å². The van der Waals surface area contributed by atoms with E-state index in [0.29, 0.717) is 43.6 Å². The topological polar surface area (TPSA) is 113 Å². The molecule has 11 nitrogen and oxygen atoms in total. The van der Waals surface area contributed by atoms with E-state index in [1.807, 2.05) is 69.3 Å². The Morgan fingerprint density at radius 2 is 1.83 bits per heavy atom. The van der Waals surface area contributed by atoms with Crippen LogP contribution < -0.4 is 19.9 Å². The first-order chi connectivity index (χ1) is 20.1. The van der Waals surface area contributed by atoms with E-state index in [1.165, 1.54) is 0 Å². The van der Waals surface area contributed by atoms with Crippen LogP contribution in [0.15, 0.2) is 36.7 Å². The first-order valence-electron chi connectivity index (χ1n) is 14.5. The zero-order valence-electron chi connectivity index (χ0n) is 24.6. The predicted molar refractivity (Wildman–Crippen MR) is 159 cm³/mol. The Balaban J connectivity index is 1.17. The van der Waals surface area contributed by atoms with Crippen molar-refractivity contribution in [3.05, 3.63) is 59.0 Å². The van der Waals surface area contributed by atoms with Crippen LogP contribution in [0.25, 0.3) is 0 Å². The SMILES string of the molecule is Cc1c(N2CCc3cnc(Nc4ccc(CC(=O)N5CCC5)cc4)nc3C2)cnc2c1N(C(=O)OC(C)(C)C)CCO2. The van der Waals surface area contributed by atoms with E-state index in [4.69, 9.17) is 14.5 Å². The summed E-state index contributed by atoms with van der Waals surface area (Å²) in [5.41, 5.74) is 5.78. The maximum Gasteiger partial charge on any atom is 0.415 e. The van der Waals surface area contributed by atoms with Crippen molar-refractivity contribution in [2.45, 2.75) is 59.1 Å². The number of pyridine rings is 1. The fourth-order valence-electron chi connectivity index (χ4n) is 5.40. The zero-order chi connectivity index (χ0) is 29.4. The van der Waals surface area contributed by atoms with Crippen LogP contribution in [0, 0.1) is 6.92 Å². The Labute approximate surface area is 245 Å². The van der Waals surface area contributed by atoms with Gasteiger partial charge in [0.05, 0.1) is 37.1 Å². The largest absolute Gasteiger partial charge is 0.474 e. The Bertz CT molecular complexity index is 1500. The fraction of sp³-hybridized carbons (Fsp3) is 0.452. The van der Waals surface area contributed by atoms with Gasteiger partial charge in [0.1, 0.15) is 17.9 Å². The Morgan fingerprint density at radius 1 is 1.05 bits per heavy atom. The van der Waals surface area contributed by atoms with Crippen LogP contribution in [-0.2, 0) is 28.9 Å². The number of rotatable bonds is 5. The summed E-state index contributed by atoms with van der Waals surface area (Å²) in [5, 5.41) is 3.30. The molecule has 5 heterocycles. The highest BCUT2D eigenvalue weighted by molar-refractivity contribution is 5.92. The minimum Gasteiger partial charge on any atom is -0.474 e. The summed E-state index contributed by atoms with van der Waals surface area (Å²) in [6.07, 6.45) is 5.60. The van der Waals surface area contributed by atoms with Gasteiger partial charge in [0.25, 0.3) is 0 Å². The van der Waals surface area contributed by atoms with Crippen LogP contribution >= 0.6 is 0 Å². The van der Waals surface area contributed by atoms with E-state index in [2.05, 4.69) is 20.2 Å². The molecule has 3 aromatic rings. The molecule has 0 saturated carbocycles.